The van der Waals surface area contributed by atoms with Gasteiger partial charge in [-0.3, -0.25) is 14.5 Å². The monoisotopic (exact) mass is 392 g/mol. The molecule has 4 nitrogen and oxygen atoms in total. The lowest BCUT2D eigenvalue weighted by molar-refractivity contribution is -0.122. The first kappa shape index (κ1) is 19.3. The Morgan fingerprint density at radius 2 is 2.04 bits per heavy atom. The van der Waals surface area contributed by atoms with E-state index < -0.39 is 0 Å². The summed E-state index contributed by atoms with van der Waals surface area (Å²) in [6.07, 6.45) is 3.56. The van der Waals surface area contributed by atoms with E-state index in [0.29, 0.717) is 22.4 Å². The summed E-state index contributed by atoms with van der Waals surface area (Å²) in [5.41, 5.74) is 3.23. The maximum Gasteiger partial charge on any atom is 0.293 e. The molecule has 6 heteroatoms. The maximum atomic E-state index is 12.5. The largest absolute Gasteiger partial charge is 0.369 e. The summed E-state index contributed by atoms with van der Waals surface area (Å²) in [4.78, 5) is 28.5. The highest BCUT2D eigenvalue weighted by Crippen LogP contribution is 2.45. The summed E-state index contributed by atoms with van der Waals surface area (Å²) >= 11 is 7.53. The second-order valence-electron chi connectivity index (χ2n) is 7.74. The lowest BCUT2D eigenvalue weighted by Crippen LogP contribution is -2.45. The van der Waals surface area contributed by atoms with Crippen molar-refractivity contribution in [2.75, 3.05) is 18.5 Å². The number of carbonyl (C=O) groups excluding carboxylic acids is 2. The van der Waals surface area contributed by atoms with Crippen LogP contribution < -0.4 is 4.90 Å². The van der Waals surface area contributed by atoms with Crippen LogP contribution in [0.2, 0.25) is 5.02 Å². The molecule has 1 aromatic carbocycles. The van der Waals surface area contributed by atoms with Crippen LogP contribution in [0.25, 0.3) is 6.08 Å². The molecule has 26 heavy (non-hydrogen) atoms. The number of nitrogens with zero attached hydrogens (tertiary/aromatic N) is 2. The maximum absolute atomic E-state index is 12.5. The minimum atomic E-state index is -0.220. The van der Waals surface area contributed by atoms with Gasteiger partial charge in [0.05, 0.1) is 4.91 Å². The van der Waals surface area contributed by atoms with Gasteiger partial charge in [-0.25, -0.2) is 0 Å². The van der Waals surface area contributed by atoms with Crippen molar-refractivity contribution in [1.82, 2.24) is 4.90 Å². The highest BCUT2D eigenvalue weighted by molar-refractivity contribution is 8.18. The van der Waals surface area contributed by atoms with Crippen LogP contribution in [0.1, 0.15) is 57.6 Å². The molecule has 0 N–H and O–H groups in total. The molecule has 1 fully saturated rings. The van der Waals surface area contributed by atoms with E-state index in [9.17, 15) is 9.59 Å². The smallest absolute Gasteiger partial charge is 0.293 e. The Kier molecular flexibility index (Phi) is 5.15. The van der Waals surface area contributed by atoms with E-state index in [1.807, 2.05) is 13.0 Å². The topological polar surface area (TPSA) is 40.6 Å². The SMILES string of the molecule is CCCN1C(=O)S/C(=C/c2cc3c(cc2Cl)N(C)C(C)(C)CC3C)C1=O. The van der Waals surface area contributed by atoms with Crippen LogP contribution in [-0.4, -0.2) is 35.2 Å². The van der Waals surface area contributed by atoms with Crippen LogP contribution in [0.15, 0.2) is 17.0 Å². The molecule has 0 aliphatic carbocycles. The number of fused-ring (bicyclic) bond motifs is 1. The van der Waals surface area contributed by atoms with Crippen LogP contribution in [-0.2, 0) is 4.79 Å². The zero-order chi connectivity index (χ0) is 19.2. The van der Waals surface area contributed by atoms with Gasteiger partial charge in [0, 0.05) is 29.8 Å². The molecule has 3 rings (SSSR count). The van der Waals surface area contributed by atoms with Gasteiger partial charge in [-0.05, 0) is 73.7 Å². The highest BCUT2D eigenvalue weighted by atomic mass is 35.5. The van der Waals surface area contributed by atoms with Gasteiger partial charge in [0.1, 0.15) is 0 Å². The Morgan fingerprint density at radius 3 is 2.69 bits per heavy atom. The summed E-state index contributed by atoms with van der Waals surface area (Å²) in [6, 6.07) is 4.05. The second-order valence-corrected chi connectivity index (χ2v) is 9.14. The Morgan fingerprint density at radius 1 is 1.35 bits per heavy atom. The molecule has 2 amide bonds. The van der Waals surface area contributed by atoms with Crippen LogP contribution >= 0.6 is 23.4 Å². The molecule has 0 aromatic heterocycles. The first-order valence-electron chi connectivity index (χ1n) is 8.98. The molecule has 2 aliphatic rings. The third-order valence-electron chi connectivity index (χ3n) is 5.36. The summed E-state index contributed by atoms with van der Waals surface area (Å²) in [5, 5.41) is 0.398. The molecule has 1 aromatic rings. The lowest BCUT2D eigenvalue weighted by atomic mass is 9.80. The van der Waals surface area contributed by atoms with Crippen molar-refractivity contribution >= 4 is 46.3 Å². The van der Waals surface area contributed by atoms with E-state index in [1.54, 1.807) is 6.08 Å². The standard InChI is InChI=1S/C20H25ClN2O2S/c1-6-7-23-18(24)17(26-19(23)25)9-13-8-14-12(2)11-20(3,4)22(5)16(14)10-15(13)21/h8-10,12H,6-7,11H2,1-5H3/b17-9+. The van der Waals surface area contributed by atoms with E-state index in [2.05, 4.69) is 38.8 Å². The van der Waals surface area contributed by atoms with E-state index in [-0.39, 0.29) is 16.7 Å². The molecule has 0 bridgehead atoms. The van der Waals surface area contributed by atoms with Gasteiger partial charge >= 0.3 is 0 Å². The minimum absolute atomic E-state index is 0.0695. The minimum Gasteiger partial charge on any atom is -0.369 e. The first-order chi connectivity index (χ1) is 12.2. The molecular weight excluding hydrogens is 368 g/mol. The predicted octanol–water partition coefficient (Wildman–Crippen LogP) is 5.51. The zero-order valence-corrected chi connectivity index (χ0v) is 17.5. The van der Waals surface area contributed by atoms with Crippen molar-refractivity contribution in [3.63, 3.8) is 0 Å². The van der Waals surface area contributed by atoms with Gasteiger partial charge < -0.3 is 4.90 Å². The van der Waals surface area contributed by atoms with Crippen LogP contribution in [0.4, 0.5) is 10.5 Å². The fraction of sp³-hybridized carbons (Fsp3) is 0.500. The van der Waals surface area contributed by atoms with Crippen LogP contribution in [0.5, 0.6) is 0 Å². The van der Waals surface area contributed by atoms with Crippen LogP contribution in [0.3, 0.4) is 0 Å². The average Bonchev–Trinajstić information content (AvgIpc) is 2.82. The molecule has 0 radical (unpaired) electrons. The predicted molar refractivity (Wildman–Crippen MR) is 110 cm³/mol. The summed E-state index contributed by atoms with van der Waals surface area (Å²) in [5.74, 6) is 0.178. The van der Waals surface area contributed by atoms with Crippen molar-refractivity contribution in [1.29, 1.82) is 0 Å². The van der Waals surface area contributed by atoms with E-state index in [1.165, 1.54) is 10.5 Å². The van der Waals surface area contributed by atoms with Gasteiger partial charge in [-0.1, -0.05) is 25.4 Å². The molecule has 0 spiro atoms. The number of imide groups is 1. The van der Waals surface area contributed by atoms with Crippen molar-refractivity contribution < 1.29 is 9.59 Å². The lowest BCUT2D eigenvalue weighted by Gasteiger charge is -2.45. The van der Waals surface area contributed by atoms with Gasteiger partial charge in [0.2, 0.25) is 0 Å². The first-order valence-corrected chi connectivity index (χ1v) is 10.2. The number of hydrogen-bond acceptors (Lipinski definition) is 4. The molecule has 1 unspecified atom stereocenters. The zero-order valence-electron chi connectivity index (χ0n) is 15.9. The molecule has 1 atom stereocenters. The number of benzene rings is 1. The quantitative estimate of drug-likeness (QED) is 0.636. The molecular formula is C20H25ClN2O2S. The fourth-order valence-electron chi connectivity index (χ4n) is 3.77. The number of amides is 2. The number of thioether (sulfide) groups is 1. The Bertz CT molecular complexity index is 803. The third kappa shape index (κ3) is 3.27. The Hall–Kier alpha value is -1.46. The van der Waals surface area contributed by atoms with E-state index in [4.69, 9.17) is 11.6 Å². The molecule has 0 saturated carbocycles. The fourth-order valence-corrected chi connectivity index (χ4v) is 4.84. The third-order valence-corrected chi connectivity index (χ3v) is 6.59. The Labute approximate surface area is 164 Å². The molecule has 1 saturated heterocycles. The number of anilines is 1. The molecule has 2 aliphatic heterocycles. The van der Waals surface area contributed by atoms with Crippen LogP contribution in [0, 0.1) is 0 Å². The van der Waals surface area contributed by atoms with Gasteiger partial charge in [0.15, 0.2) is 0 Å². The van der Waals surface area contributed by atoms with Crippen molar-refractivity contribution in [3.05, 3.63) is 33.2 Å². The summed E-state index contributed by atoms with van der Waals surface area (Å²) in [7, 11) is 2.09. The molecule has 140 valence electrons. The highest BCUT2D eigenvalue weighted by Gasteiger charge is 2.36. The summed E-state index contributed by atoms with van der Waals surface area (Å²) in [6.45, 7) is 9.10. The van der Waals surface area contributed by atoms with Crippen molar-refractivity contribution in [3.8, 4) is 0 Å². The van der Waals surface area contributed by atoms with Gasteiger partial charge in [-0.2, -0.15) is 0 Å². The van der Waals surface area contributed by atoms with E-state index >= 15 is 0 Å². The second kappa shape index (κ2) is 6.93. The number of carbonyl (C=O) groups is 2. The normalized spacial score (nSPS) is 23.8. The number of halogens is 1. The van der Waals surface area contributed by atoms with Gasteiger partial charge in [0.25, 0.3) is 11.1 Å². The molecule has 2 heterocycles. The van der Waals surface area contributed by atoms with Gasteiger partial charge in [-0.15, -0.1) is 0 Å². The number of rotatable bonds is 3. The average molecular weight is 393 g/mol. The van der Waals surface area contributed by atoms with Crippen molar-refractivity contribution in [2.24, 2.45) is 0 Å². The number of hydrogen-bond donors (Lipinski definition) is 0. The summed E-state index contributed by atoms with van der Waals surface area (Å²) < 4.78 is 0. The van der Waals surface area contributed by atoms with Crippen molar-refractivity contribution in [2.45, 2.75) is 52.0 Å². The Balaban J connectivity index is 2.00. The van der Waals surface area contributed by atoms with E-state index in [0.717, 1.165) is 35.9 Å².